The lowest BCUT2D eigenvalue weighted by molar-refractivity contribution is 0.177. The second-order valence-electron chi connectivity index (χ2n) is 5.02. The lowest BCUT2D eigenvalue weighted by atomic mass is 10.1. The predicted molar refractivity (Wildman–Crippen MR) is 75.4 cm³/mol. The molecule has 0 aliphatic rings. The molecule has 0 spiro atoms. The van der Waals surface area contributed by atoms with Gasteiger partial charge in [0.1, 0.15) is 0 Å². The molecule has 0 saturated carbocycles. The highest BCUT2D eigenvalue weighted by molar-refractivity contribution is 5.06. The zero-order valence-electron chi connectivity index (χ0n) is 12.1. The molecule has 1 aromatic rings. The largest absolute Gasteiger partial charge is 0.336 e. The number of hydrogen-bond donors (Lipinski definition) is 1. The molecule has 104 valence electrons. The fourth-order valence-electron chi connectivity index (χ4n) is 2.18. The zero-order valence-corrected chi connectivity index (χ0v) is 12.1. The van der Waals surface area contributed by atoms with E-state index in [4.69, 9.17) is 5.73 Å². The van der Waals surface area contributed by atoms with E-state index in [1.54, 1.807) is 0 Å². The molecule has 0 amide bonds. The molecule has 18 heavy (non-hydrogen) atoms. The standard InChI is InChI=1S/C13H27N5/c1-5-6-18(8-7-16(2)3)12(9-14)13-10-15-11-17(13)4/h10-12H,5-9,14H2,1-4H3. The van der Waals surface area contributed by atoms with Crippen LogP contribution in [0.2, 0.25) is 0 Å². The topological polar surface area (TPSA) is 50.3 Å². The van der Waals surface area contributed by atoms with Crippen molar-refractivity contribution in [3.63, 3.8) is 0 Å². The fraction of sp³-hybridized carbons (Fsp3) is 0.769. The Morgan fingerprint density at radius 3 is 2.50 bits per heavy atom. The van der Waals surface area contributed by atoms with Crippen molar-refractivity contribution < 1.29 is 0 Å². The molecule has 2 N–H and O–H groups in total. The van der Waals surface area contributed by atoms with Gasteiger partial charge in [0, 0.05) is 32.9 Å². The maximum absolute atomic E-state index is 5.97. The minimum absolute atomic E-state index is 0.261. The summed E-state index contributed by atoms with van der Waals surface area (Å²) in [6.45, 7) is 6.00. The van der Waals surface area contributed by atoms with Crippen LogP contribution in [0.4, 0.5) is 0 Å². The van der Waals surface area contributed by atoms with Crippen molar-refractivity contribution in [2.45, 2.75) is 19.4 Å². The van der Waals surface area contributed by atoms with Crippen LogP contribution in [0.3, 0.4) is 0 Å². The summed E-state index contributed by atoms with van der Waals surface area (Å²) in [5.74, 6) is 0. The van der Waals surface area contributed by atoms with Crippen LogP contribution < -0.4 is 5.73 Å². The van der Waals surface area contributed by atoms with Gasteiger partial charge >= 0.3 is 0 Å². The van der Waals surface area contributed by atoms with Crippen molar-refractivity contribution in [2.24, 2.45) is 12.8 Å². The molecule has 0 radical (unpaired) electrons. The van der Waals surface area contributed by atoms with Gasteiger partial charge in [-0.05, 0) is 27.1 Å². The number of nitrogens with two attached hydrogens (primary N) is 1. The lowest BCUT2D eigenvalue weighted by Crippen LogP contribution is -2.39. The number of nitrogens with zero attached hydrogens (tertiary/aromatic N) is 4. The summed E-state index contributed by atoms with van der Waals surface area (Å²) in [4.78, 5) is 8.86. The highest BCUT2D eigenvalue weighted by Crippen LogP contribution is 2.18. The van der Waals surface area contributed by atoms with Gasteiger partial charge in [0.15, 0.2) is 0 Å². The fourth-order valence-corrected chi connectivity index (χ4v) is 2.18. The van der Waals surface area contributed by atoms with E-state index in [0.29, 0.717) is 6.54 Å². The third-order valence-corrected chi connectivity index (χ3v) is 3.20. The Bertz CT molecular complexity index is 334. The van der Waals surface area contributed by atoms with E-state index in [1.807, 2.05) is 19.6 Å². The smallest absolute Gasteiger partial charge is 0.0946 e. The second-order valence-corrected chi connectivity index (χ2v) is 5.02. The Labute approximate surface area is 111 Å². The number of likely N-dealkylation sites (N-methyl/N-ethyl adjacent to an activating group) is 1. The monoisotopic (exact) mass is 253 g/mol. The van der Waals surface area contributed by atoms with Gasteiger partial charge in [-0.1, -0.05) is 6.92 Å². The summed E-state index contributed by atoms with van der Waals surface area (Å²) in [5, 5.41) is 0. The van der Waals surface area contributed by atoms with Crippen LogP contribution in [0, 0.1) is 0 Å². The highest BCUT2D eigenvalue weighted by Gasteiger charge is 2.20. The van der Waals surface area contributed by atoms with Crippen LogP contribution >= 0.6 is 0 Å². The molecule has 0 fully saturated rings. The minimum atomic E-state index is 0.261. The summed E-state index contributed by atoms with van der Waals surface area (Å²) in [7, 11) is 6.23. The van der Waals surface area contributed by atoms with E-state index in [2.05, 4.69) is 40.4 Å². The van der Waals surface area contributed by atoms with Crippen LogP contribution in [0.15, 0.2) is 12.5 Å². The SMILES string of the molecule is CCCN(CCN(C)C)C(CN)c1cncn1C. The molecule has 0 bridgehead atoms. The van der Waals surface area contributed by atoms with E-state index in [1.165, 1.54) is 5.69 Å². The Hall–Kier alpha value is -0.910. The van der Waals surface area contributed by atoms with Gasteiger partial charge in [0.25, 0.3) is 0 Å². The van der Waals surface area contributed by atoms with Gasteiger partial charge < -0.3 is 15.2 Å². The van der Waals surface area contributed by atoms with Crippen molar-refractivity contribution in [1.29, 1.82) is 0 Å². The van der Waals surface area contributed by atoms with Gasteiger partial charge in [0.2, 0.25) is 0 Å². The minimum Gasteiger partial charge on any atom is -0.336 e. The van der Waals surface area contributed by atoms with Crippen LogP contribution in [0.25, 0.3) is 0 Å². The predicted octanol–water partition coefficient (Wildman–Crippen LogP) is 0.694. The molecule has 0 saturated heterocycles. The average molecular weight is 253 g/mol. The lowest BCUT2D eigenvalue weighted by Gasteiger charge is -2.31. The maximum atomic E-state index is 5.97. The summed E-state index contributed by atoms with van der Waals surface area (Å²) in [6.07, 6.45) is 4.91. The van der Waals surface area contributed by atoms with Gasteiger partial charge in [-0.3, -0.25) is 4.90 Å². The molecule has 1 aromatic heterocycles. The molecule has 5 heteroatoms. The van der Waals surface area contributed by atoms with Crippen molar-refractivity contribution >= 4 is 0 Å². The third kappa shape index (κ3) is 4.08. The van der Waals surface area contributed by atoms with Gasteiger partial charge in [0.05, 0.1) is 18.1 Å². The molecular weight excluding hydrogens is 226 g/mol. The average Bonchev–Trinajstić information content (AvgIpc) is 2.73. The summed E-state index contributed by atoms with van der Waals surface area (Å²) in [5.41, 5.74) is 7.17. The van der Waals surface area contributed by atoms with E-state index in [9.17, 15) is 0 Å². The molecular formula is C13H27N5. The van der Waals surface area contributed by atoms with E-state index in [-0.39, 0.29) is 6.04 Å². The normalized spacial score (nSPS) is 13.5. The molecule has 5 nitrogen and oxygen atoms in total. The Morgan fingerprint density at radius 1 is 1.33 bits per heavy atom. The first-order valence-electron chi connectivity index (χ1n) is 6.65. The Morgan fingerprint density at radius 2 is 2.06 bits per heavy atom. The van der Waals surface area contributed by atoms with Crippen molar-refractivity contribution in [3.8, 4) is 0 Å². The first-order valence-corrected chi connectivity index (χ1v) is 6.65. The van der Waals surface area contributed by atoms with E-state index in [0.717, 1.165) is 26.1 Å². The number of rotatable bonds is 8. The van der Waals surface area contributed by atoms with Gasteiger partial charge in [-0.25, -0.2) is 4.98 Å². The van der Waals surface area contributed by atoms with E-state index < -0.39 is 0 Å². The summed E-state index contributed by atoms with van der Waals surface area (Å²) in [6, 6.07) is 0.261. The number of hydrogen-bond acceptors (Lipinski definition) is 4. The van der Waals surface area contributed by atoms with Crippen LogP contribution in [-0.4, -0.2) is 59.6 Å². The second kappa shape index (κ2) is 7.51. The Balaban J connectivity index is 2.77. The van der Waals surface area contributed by atoms with Crippen LogP contribution in [0.1, 0.15) is 25.1 Å². The molecule has 1 atom stereocenters. The Kier molecular flexibility index (Phi) is 6.32. The molecule has 1 rings (SSSR count). The number of imidazole rings is 1. The first-order chi connectivity index (χ1) is 8.60. The van der Waals surface area contributed by atoms with Crippen LogP contribution in [-0.2, 0) is 7.05 Å². The molecule has 1 unspecified atom stereocenters. The van der Waals surface area contributed by atoms with Gasteiger partial charge in [-0.15, -0.1) is 0 Å². The zero-order chi connectivity index (χ0) is 13.5. The molecule has 0 aromatic carbocycles. The highest BCUT2D eigenvalue weighted by atomic mass is 15.2. The maximum Gasteiger partial charge on any atom is 0.0946 e. The van der Waals surface area contributed by atoms with Crippen molar-refractivity contribution in [3.05, 3.63) is 18.2 Å². The molecule has 0 aliphatic carbocycles. The van der Waals surface area contributed by atoms with Crippen LogP contribution in [0.5, 0.6) is 0 Å². The molecule has 1 heterocycles. The third-order valence-electron chi connectivity index (χ3n) is 3.20. The number of aromatic nitrogens is 2. The quantitative estimate of drug-likeness (QED) is 0.741. The summed E-state index contributed by atoms with van der Waals surface area (Å²) >= 11 is 0. The van der Waals surface area contributed by atoms with Gasteiger partial charge in [-0.2, -0.15) is 0 Å². The number of aryl methyl sites for hydroxylation is 1. The van der Waals surface area contributed by atoms with Crippen molar-refractivity contribution in [1.82, 2.24) is 19.4 Å². The van der Waals surface area contributed by atoms with Crippen molar-refractivity contribution in [2.75, 3.05) is 40.3 Å². The van der Waals surface area contributed by atoms with E-state index >= 15 is 0 Å². The summed E-state index contributed by atoms with van der Waals surface area (Å²) < 4.78 is 2.07. The molecule has 0 aliphatic heterocycles. The first kappa shape index (κ1) is 15.1.